The lowest BCUT2D eigenvalue weighted by atomic mass is 9.93. The topological polar surface area (TPSA) is 97.0 Å². The second-order valence-corrected chi connectivity index (χ2v) is 12.5. The molecule has 1 fully saturated rings. The Hall–Kier alpha value is -2.75. The van der Waals surface area contributed by atoms with E-state index in [-0.39, 0.29) is 24.4 Å². The van der Waals surface area contributed by atoms with Gasteiger partial charge in [-0.15, -0.1) is 11.8 Å². The number of rotatable bonds is 6. The lowest BCUT2D eigenvalue weighted by Gasteiger charge is -2.29. The summed E-state index contributed by atoms with van der Waals surface area (Å²) >= 11 is 7.54. The maximum atomic E-state index is 13.8. The number of halogens is 1. The lowest BCUT2D eigenvalue weighted by Crippen LogP contribution is -2.50. The number of anilines is 1. The van der Waals surface area contributed by atoms with Crippen LogP contribution in [0.15, 0.2) is 47.4 Å². The van der Waals surface area contributed by atoms with Crippen molar-refractivity contribution in [2.45, 2.75) is 69.7 Å². The Morgan fingerprint density at radius 2 is 1.85 bits per heavy atom. The van der Waals surface area contributed by atoms with E-state index in [1.54, 1.807) is 49.9 Å². The standard InChI is InChI=1S/C29H36ClN3O5S/c1-18(20-11-13-37-14-12-20)31-26(34)21-7-10-25-24(15-21)33(16-19-5-8-22(30)9-6-19)27(35)23(17-39-25)32-28(36)38-29(2,3)4/h5-10,15,18,20,23H,11-14,16-17H2,1-4H3,(H,31,34)(H,32,36)/t18-,23+/m1/s1. The van der Waals surface area contributed by atoms with Crippen LogP contribution < -0.4 is 15.5 Å². The minimum absolute atomic E-state index is 0.00352. The van der Waals surface area contributed by atoms with E-state index < -0.39 is 17.7 Å². The van der Waals surface area contributed by atoms with Crippen LogP contribution in [0.3, 0.4) is 0 Å². The van der Waals surface area contributed by atoms with E-state index in [2.05, 4.69) is 10.6 Å². The predicted molar refractivity (Wildman–Crippen MR) is 153 cm³/mol. The molecular weight excluding hydrogens is 538 g/mol. The highest BCUT2D eigenvalue weighted by molar-refractivity contribution is 7.99. The first-order valence-electron chi connectivity index (χ1n) is 13.2. The quantitative estimate of drug-likeness (QED) is 0.479. The first-order chi connectivity index (χ1) is 18.5. The van der Waals surface area contributed by atoms with Gasteiger partial charge in [0.1, 0.15) is 11.6 Å². The summed E-state index contributed by atoms with van der Waals surface area (Å²) in [6, 6.07) is 11.9. The van der Waals surface area contributed by atoms with Crippen LogP contribution in [0.1, 0.15) is 56.5 Å². The number of nitrogens with one attached hydrogen (secondary N) is 2. The molecule has 210 valence electrons. The second kappa shape index (κ2) is 12.6. The molecule has 1 saturated heterocycles. The Kier molecular flexibility index (Phi) is 9.46. The molecule has 8 nitrogen and oxygen atoms in total. The lowest BCUT2D eigenvalue weighted by molar-refractivity contribution is -0.120. The second-order valence-electron chi connectivity index (χ2n) is 11.0. The molecule has 2 aromatic rings. The summed E-state index contributed by atoms with van der Waals surface area (Å²) in [5, 5.41) is 6.47. The number of alkyl carbamates (subject to hydrolysis) is 1. The molecule has 2 aliphatic heterocycles. The van der Waals surface area contributed by atoms with E-state index in [1.807, 2.05) is 25.1 Å². The number of carbonyl (C=O) groups is 3. The van der Waals surface area contributed by atoms with E-state index in [4.69, 9.17) is 21.1 Å². The van der Waals surface area contributed by atoms with Gasteiger partial charge in [-0.05, 0) is 82.3 Å². The monoisotopic (exact) mass is 573 g/mol. The Balaban J connectivity index is 1.60. The molecule has 0 radical (unpaired) electrons. The maximum Gasteiger partial charge on any atom is 0.408 e. The summed E-state index contributed by atoms with van der Waals surface area (Å²) < 4.78 is 10.9. The molecule has 3 amide bonds. The minimum Gasteiger partial charge on any atom is -0.444 e. The van der Waals surface area contributed by atoms with Crippen molar-refractivity contribution in [2.24, 2.45) is 5.92 Å². The fraction of sp³-hybridized carbons (Fsp3) is 0.483. The molecule has 0 unspecified atom stereocenters. The summed E-state index contributed by atoms with van der Waals surface area (Å²) in [5.74, 6) is 0.222. The normalized spacial score (nSPS) is 19.1. The van der Waals surface area contributed by atoms with Gasteiger partial charge in [0.05, 0.1) is 12.2 Å². The van der Waals surface area contributed by atoms with E-state index >= 15 is 0 Å². The summed E-state index contributed by atoms with van der Waals surface area (Å²) in [7, 11) is 0. The smallest absolute Gasteiger partial charge is 0.408 e. The average molecular weight is 574 g/mol. The molecule has 0 aromatic heterocycles. The first kappa shape index (κ1) is 29.2. The molecule has 2 aromatic carbocycles. The van der Waals surface area contributed by atoms with Gasteiger partial charge >= 0.3 is 6.09 Å². The van der Waals surface area contributed by atoms with Crippen LogP contribution in [0.4, 0.5) is 10.5 Å². The van der Waals surface area contributed by atoms with Crippen molar-refractivity contribution < 1.29 is 23.9 Å². The molecule has 0 saturated carbocycles. The zero-order valence-corrected chi connectivity index (χ0v) is 24.4. The van der Waals surface area contributed by atoms with Crippen LogP contribution in [-0.4, -0.2) is 54.6 Å². The van der Waals surface area contributed by atoms with Gasteiger partial charge in [0.2, 0.25) is 0 Å². The minimum atomic E-state index is -0.810. The molecule has 2 atom stereocenters. The van der Waals surface area contributed by atoms with Crippen molar-refractivity contribution in [1.82, 2.24) is 10.6 Å². The third-order valence-electron chi connectivity index (χ3n) is 6.76. The summed E-state index contributed by atoms with van der Waals surface area (Å²) in [4.78, 5) is 42.1. The van der Waals surface area contributed by atoms with Gasteiger partial charge in [-0.25, -0.2) is 4.79 Å². The molecule has 0 spiro atoms. The van der Waals surface area contributed by atoms with Gasteiger partial charge in [-0.3, -0.25) is 9.59 Å². The molecule has 39 heavy (non-hydrogen) atoms. The summed E-state index contributed by atoms with van der Waals surface area (Å²) in [5.41, 5.74) is 1.27. The number of benzene rings is 2. The van der Waals surface area contributed by atoms with Gasteiger partial charge in [-0.1, -0.05) is 23.7 Å². The molecule has 10 heteroatoms. The van der Waals surface area contributed by atoms with E-state index in [0.29, 0.717) is 41.2 Å². The van der Waals surface area contributed by atoms with Crippen molar-refractivity contribution in [3.8, 4) is 0 Å². The van der Waals surface area contributed by atoms with Crippen LogP contribution in [-0.2, 0) is 20.8 Å². The Bertz CT molecular complexity index is 1190. The van der Waals surface area contributed by atoms with Gasteiger partial charge in [0.25, 0.3) is 11.8 Å². The van der Waals surface area contributed by atoms with Crippen molar-refractivity contribution >= 4 is 47.0 Å². The van der Waals surface area contributed by atoms with Gasteiger partial charge in [-0.2, -0.15) is 0 Å². The van der Waals surface area contributed by atoms with Crippen LogP contribution in [0.25, 0.3) is 0 Å². The zero-order valence-electron chi connectivity index (χ0n) is 22.8. The number of amides is 3. The number of nitrogens with zero attached hydrogens (tertiary/aromatic N) is 1. The Morgan fingerprint density at radius 3 is 2.51 bits per heavy atom. The Morgan fingerprint density at radius 1 is 1.15 bits per heavy atom. The van der Waals surface area contributed by atoms with Crippen molar-refractivity contribution in [3.63, 3.8) is 0 Å². The van der Waals surface area contributed by atoms with Crippen molar-refractivity contribution in [1.29, 1.82) is 0 Å². The van der Waals surface area contributed by atoms with Crippen LogP contribution in [0.5, 0.6) is 0 Å². The number of ether oxygens (including phenoxy) is 2. The van der Waals surface area contributed by atoms with E-state index in [9.17, 15) is 14.4 Å². The first-order valence-corrected chi connectivity index (χ1v) is 14.6. The molecule has 2 aliphatic rings. The van der Waals surface area contributed by atoms with Crippen molar-refractivity contribution in [2.75, 3.05) is 23.9 Å². The van der Waals surface area contributed by atoms with Crippen LogP contribution >= 0.6 is 23.4 Å². The Labute approximate surface area is 239 Å². The van der Waals surface area contributed by atoms with Crippen LogP contribution in [0, 0.1) is 5.92 Å². The summed E-state index contributed by atoms with van der Waals surface area (Å²) in [6.45, 7) is 9.01. The molecule has 2 N–H and O–H groups in total. The fourth-order valence-electron chi connectivity index (χ4n) is 4.66. The maximum absolute atomic E-state index is 13.8. The molecule has 0 aliphatic carbocycles. The number of thioether (sulfide) groups is 1. The largest absolute Gasteiger partial charge is 0.444 e. The van der Waals surface area contributed by atoms with E-state index in [0.717, 1.165) is 23.3 Å². The summed E-state index contributed by atoms with van der Waals surface area (Å²) in [6.07, 6.45) is 1.18. The SMILES string of the molecule is C[C@@H](NC(=O)c1ccc2c(c1)N(Cc1ccc(Cl)cc1)C(=O)[C@@H](NC(=O)OC(C)(C)C)CS2)C1CCOCC1. The number of carbonyl (C=O) groups excluding carboxylic acids is 3. The van der Waals surface area contributed by atoms with Gasteiger partial charge in [0, 0.05) is 40.5 Å². The van der Waals surface area contributed by atoms with E-state index in [1.165, 1.54) is 11.8 Å². The zero-order chi connectivity index (χ0) is 28.2. The molecule has 2 heterocycles. The fourth-order valence-corrected chi connectivity index (χ4v) is 5.83. The molecule has 0 bridgehead atoms. The van der Waals surface area contributed by atoms with Crippen molar-refractivity contribution in [3.05, 3.63) is 58.6 Å². The van der Waals surface area contributed by atoms with Gasteiger partial charge in [0.15, 0.2) is 0 Å². The average Bonchev–Trinajstić information content (AvgIpc) is 3.01. The van der Waals surface area contributed by atoms with Gasteiger partial charge < -0.3 is 25.0 Å². The van der Waals surface area contributed by atoms with Crippen LogP contribution in [0.2, 0.25) is 5.02 Å². The third kappa shape index (κ3) is 7.90. The molecule has 4 rings (SSSR count). The highest BCUT2D eigenvalue weighted by atomic mass is 35.5. The third-order valence-corrected chi connectivity index (χ3v) is 8.17. The number of fused-ring (bicyclic) bond motifs is 1. The number of hydrogen-bond donors (Lipinski definition) is 2. The highest BCUT2D eigenvalue weighted by Gasteiger charge is 2.34. The number of hydrogen-bond acceptors (Lipinski definition) is 6. The predicted octanol–water partition coefficient (Wildman–Crippen LogP) is 5.42. The highest BCUT2D eigenvalue weighted by Crippen LogP contribution is 2.36. The molecular formula is C29H36ClN3O5S.